The summed E-state index contributed by atoms with van der Waals surface area (Å²) in [6.07, 6.45) is 10.5. The van der Waals surface area contributed by atoms with Crippen LogP contribution in [0.3, 0.4) is 0 Å². The fraction of sp³-hybridized carbons (Fsp3) is 0.643. The van der Waals surface area contributed by atoms with E-state index in [-0.39, 0.29) is 0 Å². The lowest BCUT2D eigenvalue weighted by Gasteiger charge is -2.31. The molecule has 2 unspecified atom stereocenters. The molecule has 1 heterocycles. The standard InChI is InChI=1S/C14H22N2/c1-11(12-7-9-16-10-8-12)14(15)13-5-3-2-4-6-13/h7-11,13-14H,2-6,15H2,1H3. The molecule has 0 amide bonds. The third-order valence-electron chi connectivity index (χ3n) is 4.00. The highest BCUT2D eigenvalue weighted by atomic mass is 14.7. The van der Waals surface area contributed by atoms with Gasteiger partial charge in [-0.3, -0.25) is 4.98 Å². The number of rotatable bonds is 3. The van der Waals surface area contributed by atoms with Crippen molar-refractivity contribution in [1.29, 1.82) is 0 Å². The molecule has 1 saturated carbocycles. The van der Waals surface area contributed by atoms with Gasteiger partial charge in [0.15, 0.2) is 0 Å². The first-order valence-electron chi connectivity index (χ1n) is 6.44. The topological polar surface area (TPSA) is 38.9 Å². The van der Waals surface area contributed by atoms with Crippen molar-refractivity contribution in [2.45, 2.75) is 51.0 Å². The maximum absolute atomic E-state index is 6.40. The zero-order chi connectivity index (χ0) is 11.4. The summed E-state index contributed by atoms with van der Waals surface area (Å²) in [6.45, 7) is 2.24. The number of hydrogen-bond acceptors (Lipinski definition) is 2. The Morgan fingerprint density at radius 3 is 2.44 bits per heavy atom. The average molecular weight is 218 g/mol. The molecular formula is C14H22N2. The molecule has 0 aromatic carbocycles. The van der Waals surface area contributed by atoms with E-state index in [1.807, 2.05) is 12.4 Å². The lowest BCUT2D eigenvalue weighted by Crippen LogP contribution is -2.36. The zero-order valence-electron chi connectivity index (χ0n) is 10.1. The van der Waals surface area contributed by atoms with E-state index in [1.165, 1.54) is 37.7 Å². The van der Waals surface area contributed by atoms with E-state index in [1.54, 1.807) is 0 Å². The minimum atomic E-state index is 0.308. The second-order valence-corrected chi connectivity index (χ2v) is 5.04. The maximum Gasteiger partial charge on any atom is 0.0270 e. The van der Waals surface area contributed by atoms with Crippen LogP contribution in [0.25, 0.3) is 0 Å². The highest BCUT2D eigenvalue weighted by Crippen LogP contribution is 2.31. The van der Waals surface area contributed by atoms with Gasteiger partial charge in [0.25, 0.3) is 0 Å². The van der Waals surface area contributed by atoms with Crippen LogP contribution in [0.5, 0.6) is 0 Å². The number of hydrogen-bond donors (Lipinski definition) is 1. The summed E-state index contributed by atoms with van der Waals surface area (Å²) in [5.74, 6) is 1.17. The summed E-state index contributed by atoms with van der Waals surface area (Å²) in [7, 11) is 0. The highest BCUT2D eigenvalue weighted by Gasteiger charge is 2.25. The molecule has 1 aromatic rings. The summed E-state index contributed by atoms with van der Waals surface area (Å²) in [5, 5.41) is 0. The van der Waals surface area contributed by atoms with E-state index in [0.717, 1.165) is 5.92 Å². The average Bonchev–Trinajstić information content (AvgIpc) is 2.39. The van der Waals surface area contributed by atoms with Crippen molar-refractivity contribution in [3.05, 3.63) is 30.1 Å². The van der Waals surface area contributed by atoms with E-state index in [2.05, 4.69) is 24.0 Å². The Labute approximate surface area is 98.3 Å². The fourth-order valence-corrected chi connectivity index (χ4v) is 2.82. The van der Waals surface area contributed by atoms with Crippen LogP contribution >= 0.6 is 0 Å². The molecule has 2 atom stereocenters. The van der Waals surface area contributed by atoms with E-state index >= 15 is 0 Å². The normalized spacial score (nSPS) is 21.6. The van der Waals surface area contributed by atoms with Gasteiger partial charge in [-0.1, -0.05) is 26.2 Å². The first kappa shape index (κ1) is 11.6. The molecule has 0 spiro atoms. The minimum absolute atomic E-state index is 0.308. The summed E-state index contributed by atoms with van der Waals surface area (Å²) >= 11 is 0. The van der Waals surface area contributed by atoms with Crippen molar-refractivity contribution in [3.8, 4) is 0 Å². The van der Waals surface area contributed by atoms with Gasteiger partial charge in [0.2, 0.25) is 0 Å². The van der Waals surface area contributed by atoms with E-state index in [9.17, 15) is 0 Å². The van der Waals surface area contributed by atoms with Gasteiger partial charge in [-0.05, 0) is 42.4 Å². The van der Waals surface area contributed by atoms with Crippen LogP contribution < -0.4 is 5.73 Å². The van der Waals surface area contributed by atoms with Crippen molar-refractivity contribution >= 4 is 0 Å². The molecule has 1 aliphatic carbocycles. The molecule has 0 bridgehead atoms. The van der Waals surface area contributed by atoms with Crippen molar-refractivity contribution < 1.29 is 0 Å². The molecule has 16 heavy (non-hydrogen) atoms. The van der Waals surface area contributed by atoms with Gasteiger partial charge in [-0.25, -0.2) is 0 Å². The van der Waals surface area contributed by atoms with Crippen molar-refractivity contribution in [3.63, 3.8) is 0 Å². The van der Waals surface area contributed by atoms with Crippen LogP contribution in [0.2, 0.25) is 0 Å². The molecule has 2 rings (SSSR count). The molecule has 2 nitrogen and oxygen atoms in total. The Hall–Kier alpha value is -0.890. The maximum atomic E-state index is 6.40. The molecule has 1 aliphatic rings. The third-order valence-corrected chi connectivity index (χ3v) is 4.00. The second kappa shape index (κ2) is 5.44. The van der Waals surface area contributed by atoms with Crippen LogP contribution in [0.4, 0.5) is 0 Å². The van der Waals surface area contributed by atoms with Crippen LogP contribution in [0.1, 0.15) is 50.5 Å². The summed E-state index contributed by atoms with van der Waals surface area (Å²) in [6, 6.07) is 4.49. The van der Waals surface area contributed by atoms with E-state index in [0.29, 0.717) is 12.0 Å². The van der Waals surface area contributed by atoms with Crippen LogP contribution in [0, 0.1) is 5.92 Å². The minimum Gasteiger partial charge on any atom is -0.327 e. The lowest BCUT2D eigenvalue weighted by atomic mass is 9.78. The van der Waals surface area contributed by atoms with Gasteiger partial charge in [-0.15, -0.1) is 0 Å². The summed E-state index contributed by atoms with van der Waals surface area (Å²) < 4.78 is 0. The molecule has 88 valence electrons. The van der Waals surface area contributed by atoms with Gasteiger partial charge in [0.1, 0.15) is 0 Å². The van der Waals surface area contributed by atoms with Gasteiger partial charge < -0.3 is 5.73 Å². The molecular weight excluding hydrogens is 196 g/mol. The molecule has 0 radical (unpaired) electrons. The van der Waals surface area contributed by atoms with Gasteiger partial charge in [0, 0.05) is 18.4 Å². The predicted octanol–water partition coefficient (Wildman–Crippen LogP) is 3.09. The highest BCUT2D eigenvalue weighted by molar-refractivity contribution is 5.17. The van der Waals surface area contributed by atoms with Gasteiger partial charge in [0.05, 0.1) is 0 Å². The summed E-state index contributed by atoms with van der Waals surface area (Å²) in [5.41, 5.74) is 7.73. The van der Waals surface area contributed by atoms with Gasteiger partial charge >= 0.3 is 0 Å². The van der Waals surface area contributed by atoms with Crippen molar-refractivity contribution in [2.75, 3.05) is 0 Å². The van der Waals surface area contributed by atoms with E-state index in [4.69, 9.17) is 5.73 Å². The molecule has 0 aliphatic heterocycles. The molecule has 1 fully saturated rings. The zero-order valence-corrected chi connectivity index (χ0v) is 10.1. The van der Waals surface area contributed by atoms with Gasteiger partial charge in [-0.2, -0.15) is 0 Å². The number of aromatic nitrogens is 1. The number of nitrogens with two attached hydrogens (primary N) is 1. The van der Waals surface area contributed by atoms with Crippen LogP contribution in [0.15, 0.2) is 24.5 Å². The third kappa shape index (κ3) is 2.62. The number of nitrogens with zero attached hydrogens (tertiary/aromatic N) is 1. The number of pyridine rings is 1. The summed E-state index contributed by atoms with van der Waals surface area (Å²) in [4.78, 5) is 4.06. The quantitative estimate of drug-likeness (QED) is 0.846. The van der Waals surface area contributed by atoms with Crippen LogP contribution in [-0.4, -0.2) is 11.0 Å². The first-order valence-corrected chi connectivity index (χ1v) is 6.44. The Bertz CT molecular complexity index is 304. The largest absolute Gasteiger partial charge is 0.327 e. The predicted molar refractivity (Wildman–Crippen MR) is 67.2 cm³/mol. The first-order chi connectivity index (χ1) is 7.79. The second-order valence-electron chi connectivity index (χ2n) is 5.04. The lowest BCUT2D eigenvalue weighted by molar-refractivity contribution is 0.283. The SMILES string of the molecule is CC(c1ccncc1)C(N)C1CCCCC1. The molecule has 2 heteroatoms. The monoisotopic (exact) mass is 218 g/mol. The van der Waals surface area contributed by atoms with E-state index < -0.39 is 0 Å². The fourth-order valence-electron chi connectivity index (χ4n) is 2.82. The van der Waals surface area contributed by atoms with Crippen molar-refractivity contribution in [2.24, 2.45) is 11.7 Å². The Kier molecular flexibility index (Phi) is 3.94. The smallest absolute Gasteiger partial charge is 0.0270 e. The van der Waals surface area contributed by atoms with Crippen LogP contribution in [-0.2, 0) is 0 Å². The molecule has 1 aromatic heterocycles. The molecule has 2 N–H and O–H groups in total. The van der Waals surface area contributed by atoms with Crippen molar-refractivity contribution in [1.82, 2.24) is 4.98 Å². The Morgan fingerprint density at radius 2 is 1.81 bits per heavy atom. The Morgan fingerprint density at radius 1 is 1.19 bits per heavy atom. The Balaban J connectivity index is 2.00. The molecule has 0 saturated heterocycles.